The molecule has 2 aliphatic heterocycles. The Bertz CT molecular complexity index is 1010. The van der Waals surface area contributed by atoms with Crippen LogP contribution < -0.4 is 9.47 Å². The number of carbonyl (C=O) groups is 1. The van der Waals surface area contributed by atoms with Crippen LogP contribution in [0.1, 0.15) is 29.3 Å². The Labute approximate surface area is 177 Å². The molecule has 0 N–H and O–H groups in total. The lowest BCUT2D eigenvalue weighted by Gasteiger charge is -2.34. The molecular weight excluding hydrogens is 404 g/mol. The maximum absolute atomic E-state index is 13.1. The number of sulfonamides is 1. The Hall–Kier alpha value is -2.58. The second kappa shape index (κ2) is 8.65. The van der Waals surface area contributed by atoms with Crippen LogP contribution in [0.4, 0.5) is 0 Å². The summed E-state index contributed by atoms with van der Waals surface area (Å²) in [6, 6.07) is 12.3. The molecule has 0 spiro atoms. The normalized spacial score (nSPS) is 17.4. The summed E-state index contributed by atoms with van der Waals surface area (Å²) in [5, 5.41) is 0. The van der Waals surface area contributed by atoms with Crippen LogP contribution in [0.5, 0.6) is 11.5 Å². The Morgan fingerprint density at radius 2 is 1.60 bits per heavy atom. The van der Waals surface area contributed by atoms with Gasteiger partial charge in [0.2, 0.25) is 10.0 Å². The number of carbonyl (C=O) groups excluding carboxylic acids is 1. The molecule has 2 heterocycles. The molecule has 1 fully saturated rings. The van der Waals surface area contributed by atoms with E-state index in [1.807, 2.05) is 24.3 Å². The van der Waals surface area contributed by atoms with Gasteiger partial charge < -0.3 is 14.4 Å². The van der Waals surface area contributed by atoms with Crippen molar-refractivity contribution in [2.24, 2.45) is 0 Å². The maximum Gasteiger partial charge on any atom is 0.253 e. The Balaban J connectivity index is 1.44. The topological polar surface area (TPSA) is 76.2 Å². The molecule has 0 atom stereocenters. The summed E-state index contributed by atoms with van der Waals surface area (Å²) < 4.78 is 38.8. The number of hydrogen-bond donors (Lipinski definition) is 0. The lowest BCUT2D eigenvalue weighted by molar-refractivity contribution is 0.0698. The Morgan fingerprint density at radius 1 is 0.933 bits per heavy atom. The second-order valence-electron chi connectivity index (χ2n) is 7.41. The number of benzene rings is 2. The van der Waals surface area contributed by atoms with Gasteiger partial charge in [-0.2, -0.15) is 4.31 Å². The predicted molar refractivity (Wildman–Crippen MR) is 113 cm³/mol. The highest BCUT2D eigenvalue weighted by Gasteiger charge is 2.31. The van der Waals surface area contributed by atoms with Crippen molar-refractivity contribution in [3.63, 3.8) is 0 Å². The summed E-state index contributed by atoms with van der Waals surface area (Å²) in [7, 11) is -3.67. The minimum atomic E-state index is -3.67. The zero-order chi connectivity index (χ0) is 21.1. The van der Waals surface area contributed by atoms with Gasteiger partial charge in [-0.15, -0.1) is 0 Å². The molecule has 30 heavy (non-hydrogen) atoms. The monoisotopic (exact) mass is 430 g/mol. The number of piperazine rings is 1. The van der Waals surface area contributed by atoms with E-state index in [9.17, 15) is 13.2 Å². The van der Waals surface area contributed by atoms with Crippen molar-refractivity contribution in [3.8, 4) is 11.5 Å². The van der Waals surface area contributed by atoms with Gasteiger partial charge in [0.15, 0.2) is 11.5 Å². The van der Waals surface area contributed by atoms with E-state index < -0.39 is 10.0 Å². The zero-order valence-corrected chi connectivity index (χ0v) is 17.9. The molecule has 2 aromatic carbocycles. The van der Waals surface area contributed by atoms with Gasteiger partial charge in [0.05, 0.1) is 18.1 Å². The summed E-state index contributed by atoms with van der Waals surface area (Å²) in [6.45, 7) is 4.36. The highest BCUT2D eigenvalue weighted by atomic mass is 32.2. The van der Waals surface area contributed by atoms with Gasteiger partial charge in [-0.25, -0.2) is 8.42 Å². The van der Waals surface area contributed by atoms with Crippen LogP contribution in [-0.2, 0) is 16.4 Å². The van der Waals surface area contributed by atoms with Crippen molar-refractivity contribution in [1.29, 1.82) is 0 Å². The third-order valence-electron chi connectivity index (χ3n) is 5.49. The molecular formula is C22H26N2O5S. The van der Waals surface area contributed by atoms with Crippen molar-refractivity contribution in [2.75, 3.05) is 39.4 Å². The van der Waals surface area contributed by atoms with Crippen LogP contribution in [0, 0.1) is 0 Å². The van der Waals surface area contributed by atoms with Gasteiger partial charge in [0.25, 0.3) is 5.91 Å². The molecule has 8 heteroatoms. The fraction of sp³-hybridized carbons (Fsp3) is 0.409. The highest BCUT2D eigenvalue weighted by molar-refractivity contribution is 7.89. The van der Waals surface area contributed by atoms with Crippen LogP contribution in [0.25, 0.3) is 0 Å². The first kappa shape index (κ1) is 20.7. The average molecular weight is 431 g/mol. The SMILES string of the molecule is CCc1ccc(C(=O)N2CCN(S(=O)(=O)c3ccc4c(c3)OCCCO4)CC2)cc1. The number of ether oxygens (including phenoxy) is 2. The lowest BCUT2D eigenvalue weighted by atomic mass is 10.1. The third kappa shape index (κ3) is 4.15. The standard InChI is InChI=1S/C22H26N2O5S/c1-2-17-4-6-18(7-5-17)22(25)23-10-12-24(13-11-23)30(26,27)19-8-9-20-21(16-19)29-15-3-14-28-20/h4-9,16H,2-3,10-15H2,1H3. The van der Waals surface area contributed by atoms with Crippen LogP contribution in [0.2, 0.25) is 0 Å². The largest absolute Gasteiger partial charge is 0.490 e. The molecule has 0 unspecified atom stereocenters. The number of aryl methyl sites for hydroxylation is 1. The van der Waals surface area contributed by atoms with Crippen LogP contribution in [0.15, 0.2) is 47.4 Å². The highest BCUT2D eigenvalue weighted by Crippen LogP contribution is 2.33. The smallest absolute Gasteiger partial charge is 0.253 e. The average Bonchev–Trinajstić information content (AvgIpc) is 3.03. The van der Waals surface area contributed by atoms with Crippen molar-refractivity contribution in [2.45, 2.75) is 24.7 Å². The van der Waals surface area contributed by atoms with Gasteiger partial charge in [0, 0.05) is 44.2 Å². The summed E-state index contributed by atoms with van der Waals surface area (Å²) >= 11 is 0. The molecule has 160 valence electrons. The molecule has 7 nitrogen and oxygen atoms in total. The molecule has 4 rings (SSSR count). The minimum Gasteiger partial charge on any atom is -0.490 e. The number of amides is 1. The summed E-state index contributed by atoms with van der Waals surface area (Å²) in [6.07, 6.45) is 1.68. The van der Waals surface area contributed by atoms with E-state index in [0.717, 1.165) is 12.8 Å². The van der Waals surface area contributed by atoms with E-state index in [0.29, 0.717) is 43.4 Å². The van der Waals surface area contributed by atoms with Crippen molar-refractivity contribution in [3.05, 3.63) is 53.6 Å². The van der Waals surface area contributed by atoms with E-state index in [4.69, 9.17) is 9.47 Å². The molecule has 2 aliphatic rings. The van der Waals surface area contributed by atoms with Gasteiger partial charge in [-0.3, -0.25) is 4.79 Å². The minimum absolute atomic E-state index is 0.0646. The van der Waals surface area contributed by atoms with Gasteiger partial charge >= 0.3 is 0 Å². The molecule has 0 radical (unpaired) electrons. The van der Waals surface area contributed by atoms with Crippen molar-refractivity contribution < 1.29 is 22.7 Å². The predicted octanol–water partition coefficient (Wildman–Crippen LogP) is 2.56. The quantitative estimate of drug-likeness (QED) is 0.745. The van der Waals surface area contributed by atoms with Gasteiger partial charge in [0.1, 0.15) is 0 Å². The first-order valence-electron chi connectivity index (χ1n) is 10.3. The first-order valence-corrected chi connectivity index (χ1v) is 11.7. The molecule has 0 aromatic heterocycles. The summed E-state index contributed by atoms with van der Waals surface area (Å²) in [4.78, 5) is 14.6. The second-order valence-corrected chi connectivity index (χ2v) is 9.34. The maximum atomic E-state index is 13.1. The van der Waals surface area contributed by atoms with E-state index >= 15 is 0 Å². The van der Waals surface area contributed by atoms with Gasteiger partial charge in [-0.1, -0.05) is 19.1 Å². The zero-order valence-electron chi connectivity index (χ0n) is 17.0. The van der Waals surface area contributed by atoms with Crippen LogP contribution in [-0.4, -0.2) is 62.9 Å². The lowest BCUT2D eigenvalue weighted by Crippen LogP contribution is -2.50. The molecule has 1 amide bonds. The van der Waals surface area contributed by atoms with Crippen LogP contribution >= 0.6 is 0 Å². The molecule has 0 saturated carbocycles. The van der Waals surface area contributed by atoms with E-state index in [1.165, 1.54) is 15.9 Å². The Kier molecular flexibility index (Phi) is 5.97. The first-order chi connectivity index (χ1) is 14.5. The van der Waals surface area contributed by atoms with Crippen molar-refractivity contribution >= 4 is 15.9 Å². The van der Waals surface area contributed by atoms with E-state index in [1.54, 1.807) is 17.0 Å². The number of rotatable bonds is 4. The third-order valence-corrected chi connectivity index (χ3v) is 7.39. The Morgan fingerprint density at radius 3 is 2.27 bits per heavy atom. The van der Waals surface area contributed by atoms with Gasteiger partial charge in [-0.05, 0) is 36.2 Å². The fourth-order valence-electron chi connectivity index (χ4n) is 3.65. The van der Waals surface area contributed by atoms with E-state index in [-0.39, 0.29) is 23.9 Å². The van der Waals surface area contributed by atoms with Crippen molar-refractivity contribution in [1.82, 2.24) is 9.21 Å². The molecule has 1 saturated heterocycles. The number of fused-ring (bicyclic) bond motifs is 1. The van der Waals surface area contributed by atoms with E-state index in [2.05, 4.69) is 6.92 Å². The summed E-state index contributed by atoms with van der Waals surface area (Å²) in [5.41, 5.74) is 1.81. The number of nitrogens with zero attached hydrogens (tertiary/aromatic N) is 2. The number of hydrogen-bond acceptors (Lipinski definition) is 5. The van der Waals surface area contributed by atoms with Crippen LogP contribution in [0.3, 0.4) is 0 Å². The molecule has 2 aromatic rings. The molecule has 0 bridgehead atoms. The summed E-state index contributed by atoms with van der Waals surface area (Å²) in [5.74, 6) is 0.958. The molecule has 0 aliphatic carbocycles. The fourth-order valence-corrected chi connectivity index (χ4v) is 5.09.